The number of benzene rings is 2. The largest absolute Gasteiger partial charge is 0.497 e. The first-order chi connectivity index (χ1) is 23.3. The molecule has 3 aromatic rings. The number of nitrogens with one attached hydrogen (secondary N) is 1. The molecular weight excluding hydrogens is 797 g/mol. The molecule has 1 unspecified atom stereocenters. The normalized spacial score (nSPS) is 17.7. The van der Waals surface area contributed by atoms with Gasteiger partial charge in [0.2, 0.25) is 10.0 Å². The second-order valence-electron chi connectivity index (χ2n) is 12.6. The number of methoxy groups -OCH3 is 1. The van der Waals surface area contributed by atoms with Crippen LogP contribution in [0.25, 0.3) is 0 Å². The van der Waals surface area contributed by atoms with Gasteiger partial charge in [-0.2, -0.15) is 9.03 Å². The van der Waals surface area contributed by atoms with Crippen molar-refractivity contribution in [2.75, 3.05) is 38.2 Å². The van der Waals surface area contributed by atoms with Crippen molar-refractivity contribution in [3.63, 3.8) is 0 Å². The molecule has 2 saturated heterocycles. The molecule has 3 heterocycles. The Labute approximate surface area is 311 Å². The highest BCUT2D eigenvalue weighted by Crippen LogP contribution is 2.38. The van der Waals surface area contributed by atoms with E-state index in [0.29, 0.717) is 50.1 Å². The van der Waals surface area contributed by atoms with Gasteiger partial charge in [0, 0.05) is 30.7 Å². The van der Waals surface area contributed by atoms with Crippen molar-refractivity contribution in [2.24, 2.45) is 11.8 Å². The highest BCUT2D eigenvalue weighted by molar-refractivity contribution is 9.10. The predicted octanol–water partition coefficient (Wildman–Crippen LogP) is 7.29. The number of aliphatic carboxylic acids is 1. The first-order valence-electron chi connectivity index (χ1n) is 16.1. The standard InChI is InChI=1S/C33H40BrCl2N3O7S3/c1-46-25-7-5-24(6-8-25)19-29(33(40)41)37-48(42,43)26-9-10-30(28(35)20-26)38-15-11-22(12-16-38)3-2-4-23-13-17-39(18-14-23)49(44,45)31-21-27(34)32(36)47-31/h5-10,20-23,29,37H,2-4,11-19H2,1H3,(H,40,41). The summed E-state index contributed by atoms with van der Waals surface area (Å²) in [5.41, 5.74) is 1.40. The van der Waals surface area contributed by atoms with E-state index in [1.54, 1.807) is 40.7 Å². The average Bonchev–Trinajstić information content (AvgIpc) is 3.43. The van der Waals surface area contributed by atoms with Gasteiger partial charge in [-0.05, 0) is 102 Å². The molecule has 1 aromatic heterocycles. The van der Waals surface area contributed by atoms with Gasteiger partial charge in [0.1, 0.15) is 20.3 Å². The van der Waals surface area contributed by atoms with Gasteiger partial charge in [0.25, 0.3) is 10.0 Å². The van der Waals surface area contributed by atoms with Crippen LogP contribution in [0.2, 0.25) is 9.36 Å². The summed E-state index contributed by atoms with van der Waals surface area (Å²) < 4.78 is 62.7. The molecule has 5 rings (SSSR count). The predicted molar refractivity (Wildman–Crippen MR) is 197 cm³/mol. The number of sulfonamides is 2. The summed E-state index contributed by atoms with van der Waals surface area (Å²) >= 11 is 17.1. The fourth-order valence-electron chi connectivity index (χ4n) is 6.52. The zero-order valence-corrected chi connectivity index (χ0v) is 32.5. The van der Waals surface area contributed by atoms with Gasteiger partial charge in [-0.15, -0.1) is 11.3 Å². The van der Waals surface area contributed by atoms with Crippen LogP contribution in [0.15, 0.2) is 62.1 Å². The highest BCUT2D eigenvalue weighted by Gasteiger charge is 2.32. The van der Waals surface area contributed by atoms with Crippen LogP contribution in [-0.2, 0) is 31.3 Å². The van der Waals surface area contributed by atoms with Crippen LogP contribution in [0.4, 0.5) is 5.69 Å². The lowest BCUT2D eigenvalue weighted by Crippen LogP contribution is -2.42. The number of rotatable bonds is 14. The fourth-order valence-corrected chi connectivity index (χ4v) is 12.0. The zero-order valence-electron chi connectivity index (χ0n) is 27.0. The average molecular weight is 838 g/mol. The van der Waals surface area contributed by atoms with Crippen LogP contribution in [0.3, 0.4) is 0 Å². The Morgan fingerprint density at radius 1 is 0.980 bits per heavy atom. The Hall–Kier alpha value is -1.91. The van der Waals surface area contributed by atoms with E-state index in [9.17, 15) is 26.7 Å². The number of halogens is 3. The van der Waals surface area contributed by atoms with Gasteiger partial charge in [-0.1, -0.05) is 54.6 Å². The van der Waals surface area contributed by atoms with E-state index in [1.165, 1.54) is 19.2 Å². The van der Waals surface area contributed by atoms with Crippen LogP contribution >= 0.6 is 50.5 Å². The molecule has 16 heteroatoms. The Balaban J connectivity index is 1.07. The van der Waals surface area contributed by atoms with Crippen LogP contribution < -0.4 is 14.4 Å². The zero-order chi connectivity index (χ0) is 35.3. The van der Waals surface area contributed by atoms with Crippen molar-refractivity contribution in [1.82, 2.24) is 9.03 Å². The molecule has 0 radical (unpaired) electrons. The van der Waals surface area contributed by atoms with Gasteiger partial charge in [-0.25, -0.2) is 16.8 Å². The SMILES string of the molecule is COc1ccc(CC(NS(=O)(=O)c2ccc(N3CCC(CCCC4CCN(S(=O)(=O)c5cc(Br)c(Cl)s5)CC4)CC3)c(Cl)c2)C(=O)O)cc1. The molecule has 10 nitrogen and oxygen atoms in total. The molecule has 0 amide bonds. The van der Waals surface area contributed by atoms with Crippen LogP contribution in [-0.4, -0.2) is 71.5 Å². The van der Waals surface area contributed by atoms with Gasteiger partial charge in [0.05, 0.1) is 22.7 Å². The summed E-state index contributed by atoms with van der Waals surface area (Å²) in [4.78, 5) is 14.0. The highest BCUT2D eigenvalue weighted by atomic mass is 79.9. The minimum absolute atomic E-state index is 0.0343. The summed E-state index contributed by atoms with van der Waals surface area (Å²) in [6, 6.07) is 11.5. The van der Waals surface area contributed by atoms with E-state index in [-0.39, 0.29) is 15.5 Å². The number of hydrogen-bond acceptors (Lipinski definition) is 8. The maximum absolute atomic E-state index is 13.2. The minimum atomic E-state index is -4.16. The Kier molecular flexibility index (Phi) is 13.0. The van der Waals surface area contributed by atoms with Crippen molar-refractivity contribution in [1.29, 1.82) is 0 Å². The quantitative estimate of drug-likeness (QED) is 0.173. The van der Waals surface area contributed by atoms with E-state index in [4.69, 9.17) is 27.9 Å². The van der Waals surface area contributed by atoms with Gasteiger partial charge < -0.3 is 14.7 Å². The lowest BCUT2D eigenvalue weighted by atomic mass is 9.87. The second-order valence-corrected chi connectivity index (χ2v) is 19.4. The molecule has 49 heavy (non-hydrogen) atoms. The molecular formula is C33H40BrCl2N3O7S3. The number of thiophene rings is 1. The molecule has 1 atom stereocenters. The summed E-state index contributed by atoms with van der Waals surface area (Å²) in [5.74, 6) is 0.433. The number of carbonyl (C=O) groups is 1. The van der Waals surface area contributed by atoms with E-state index in [1.807, 2.05) is 0 Å². The molecule has 0 spiro atoms. The number of carboxylic acids is 1. The lowest BCUT2D eigenvalue weighted by Gasteiger charge is -2.35. The number of piperidine rings is 2. The topological polar surface area (TPSA) is 133 Å². The van der Waals surface area contributed by atoms with Gasteiger partial charge >= 0.3 is 5.97 Å². The number of hydrogen-bond donors (Lipinski definition) is 2. The van der Waals surface area contributed by atoms with Crippen molar-refractivity contribution in [3.8, 4) is 5.75 Å². The van der Waals surface area contributed by atoms with Crippen LogP contribution in [0, 0.1) is 11.8 Å². The van der Waals surface area contributed by atoms with Crippen molar-refractivity contribution in [3.05, 3.63) is 67.9 Å². The molecule has 2 aliphatic heterocycles. The van der Waals surface area contributed by atoms with Crippen LogP contribution in [0.5, 0.6) is 5.75 Å². The van der Waals surface area contributed by atoms with E-state index in [0.717, 1.165) is 75.1 Å². The lowest BCUT2D eigenvalue weighted by molar-refractivity contribution is -0.138. The van der Waals surface area contributed by atoms with Crippen LogP contribution in [0.1, 0.15) is 50.5 Å². The first-order valence-corrected chi connectivity index (χ1v) is 21.4. The smallest absolute Gasteiger partial charge is 0.322 e. The third kappa shape index (κ3) is 9.70. The summed E-state index contributed by atoms with van der Waals surface area (Å²) in [6.07, 6.45) is 6.99. The maximum Gasteiger partial charge on any atom is 0.322 e. The Morgan fingerprint density at radius 3 is 2.12 bits per heavy atom. The molecule has 0 saturated carbocycles. The minimum Gasteiger partial charge on any atom is -0.497 e. The van der Waals surface area contributed by atoms with Crippen molar-refractivity contribution < 1.29 is 31.5 Å². The number of carboxylic acid groups (broad SMARTS) is 1. The molecule has 2 aromatic carbocycles. The van der Waals surface area contributed by atoms with Gasteiger partial charge in [0.15, 0.2) is 0 Å². The summed E-state index contributed by atoms with van der Waals surface area (Å²) in [5, 5.41) is 10.0. The maximum atomic E-state index is 13.2. The Bertz CT molecular complexity index is 1810. The van der Waals surface area contributed by atoms with E-state index >= 15 is 0 Å². The number of nitrogens with zero attached hydrogens (tertiary/aromatic N) is 2. The molecule has 0 aliphatic carbocycles. The fraction of sp³-hybridized carbons (Fsp3) is 0.485. The van der Waals surface area contributed by atoms with E-state index < -0.39 is 32.1 Å². The van der Waals surface area contributed by atoms with E-state index in [2.05, 4.69) is 25.6 Å². The monoisotopic (exact) mass is 835 g/mol. The molecule has 2 N–H and O–H groups in total. The molecule has 268 valence electrons. The third-order valence-electron chi connectivity index (χ3n) is 9.39. The molecule has 2 fully saturated rings. The third-order valence-corrected chi connectivity index (χ3v) is 16.0. The van der Waals surface area contributed by atoms with Gasteiger partial charge in [-0.3, -0.25) is 4.79 Å². The Morgan fingerprint density at radius 2 is 1.59 bits per heavy atom. The number of ether oxygens (including phenoxy) is 1. The molecule has 2 aliphatic rings. The first kappa shape index (κ1) is 38.3. The summed E-state index contributed by atoms with van der Waals surface area (Å²) in [7, 11) is -6.15. The number of anilines is 1. The summed E-state index contributed by atoms with van der Waals surface area (Å²) in [6.45, 7) is 2.66. The van der Waals surface area contributed by atoms with Crippen molar-refractivity contribution in [2.45, 2.75) is 66.5 Å². The second kappa shape index (κ2) is 16.6. The molecule has 0 bridgehead atoms. The van der Waals surface area contributed by atoms with Crippen molar-refractivity contribution >= 4 is 82.2 Å².